The van der Waals surface area contributed by atoms with Crippen molar-refractivity contribution in [3.63, 3.8) is 0 Å². The minimum absolute atomic E-state index is 0. The third-order valence-corrected chi connectivity index (χ3v) is 5.09. The molecule has 2 rings (SSSR count). The van der Waals surface area contributed by atoms with Crippen LogP contribution in [0.15, 0.2) is 18.2 Å². The molecule has 5 nitrogen and oxygen atoms in total. The molecular weight excluding hydrogens is 385 g/mol. The van der Waals surface area contributed by atoms with E-state index in [1.54, 1.807) is 0 Å². The van der Waals surface area contributed by atoms with Crippen LogP contribution in [0, 0.1) is 12.3 Å². The molecule has 27 heavy (non-hydrogen) atoms. The number of hydrogen-bond donors (Lipinski definition) is 2. The first kappa shape index (κ1) is 26.0. The smallest absolute Gasteiger partial charge is 0.225 e. The number of ether oxygens (including phenoxy) is 1. The number of carbonyl (C=O) groups excluding carboxylic acids is 1. The second kappa shape index (κ2) is 12.4. The van der Waals surface area contributed by atoms with Gasteiger partial charge in [-0.1, -0.05) is 25.3 Å². The number of nitrogens with two attached hydrogens (primary N) is 1. The molecule has 1 aromatic rings. The minimum Gasteiger partial charge on any atom is -0.490 e. The number of aryl methyl sites for hydroxylation is 1. The second-order valence-corrected chi connectivity index (χ2v) is 7.64. The van der Waals surface area contributed by atoms with Gasteiger partial charge in [-0.25, -0.2) is 0 Å². The van der Waals surface area contributed by atoms with E-state index >= 15 is 0 Å². The third kappa shape index (κ3) is 8.26. The second-order valence-electron chi connectivity index (χ2n) is 7.64. The van der Waals surface area contributed by atoms with E-state index in [9.17, 15) is 4.79 Å². The lowest BCUT2D eigenvalue weighted by atomic mass is 9.71. The molecule has 0 heterocycles. The number of halogens is 2. The molecule has 7 heteroatoms. The zero-order chi connectivity index (χ0) is 18.3. The monoisotopic (exact) mass is 419 g/mol. The predicted molar refractivity (Wildman–Crippen MR) is 118 cm³/mol. The van der Waals surface area contributed by atoms with Crippen LogP contribution in [0.3, 0.4) is 0 Å². The predicted octanol–water partition coefficient (Wildman–Crippen LogP) is 4.02. The van der Waals surface area contributed by atoms with Crippen LogP contribution in [-0.2, 0) is 4.79 Å². The summed E-state index contributed by atoms with van der Waals surface area (Å²) in [5.41, 5.74) is 7.85. The van der Waals surface area contributed by atoms with E-state index in [1.807, 2.05) is 39.2 Å². The fraction of sp³-hybridized carbons (Fsp3) is 0.650. The van der Waals surface area contributed by atoms with Crippen LogP contribution in [-0.4, -0.2) is 44.6 Å². The Morgan fingerprint density at radius 3 is 2.48 bits per heavy atom. The van der Waals surface area contributed by atoms with Gasteiger partial charge in [-0.2, -0.15) is 0 Å². The summed E-state index contributed by atoms with van der Waals surface area (Å²) in [4.78, 5) is 14.7. The Morgan fingerprint density at radius 2 is 1.89 bits per heavy atom. The Kier molecular flexibility index (Phi) is 12.0. The van der Waals surface area contributed by atoms with E-state index in [-0.39, 0.29) is 36.1 Å². The molecule has 156 valence electrons. The molecule has 0 atom stereocenters. The number of nitrogens with zero attached hydrogens (tertiary/aromatic N) is 1. The maximum Gasteiger partial charge on any atom is 0.225 e. The first-order valence-electron chi connectivity index (χ1n) is 9.32. The van der Waals surface area contributed by atoms with Crippen molar-refractivity contribution in [3.05, 3.63) is 23.8 Å². The van der Waals surface area contributed by atoms with E-state index in [4.69, 9.17) is 10.5 Å². The van der Waals surface area contributed by atoms with E-state index in [1.165, 1.54) is 19.3 Å². The Balaban J connectivity index is 0.00000338. The lowest BCUT2D eigenvalue weighted by Gasteiger charge is -2.35. The fourth-order valence-corrected chi connectivity index (χ4v) is 3.48. The van der Waals surface area contributed by atoms with Gasteiger partial charge in [0.15, 0.2) is 0 Å². The van der Waals surface area contributed by atoms with Gasteiger partial charge in [0.1, 0.15) is 12.4 Å². The number of rotatable bonds is 8. The maximum atomic E-state index is 12.6. The largest absolute Gasteiger partial charge is 0.490 e. The van der Waals surface area contributed by atoms with Gasteiger partial charge in [-0.15, -0.1) is 24.8 Å². The average Bonchev–Trinajstić information content (AvgIpc) is 2.57. The summed E-state index contributed by atoms with van der Waals surface area (Å²) in [5, 5.41) is 3.05. The van der Waals surface area contributed by atoms with Gasteiger partial charge < -0.3 is 20.7 Å². The highest BCUT2D eigenvalue weighted by Gasteiger charge is 2.33. The highest BCUT2D eigenvalue weighted by atomic mass is 35.5. The highest BCUT2D eigenvalue weighted by molar-refractivity contribution is 5.92. The topological polar surface area (TPSA) is 67.6 Å². The first-order chi connectivity index (χ1) is 11.9. The summed E-state index contributed by atoms with van der Waals surface area (Å²) < 4.78 is 5.89. The molecule has 3 N–H and O–H groups in total. The molecule has 1 aliphatic rings. The van der Waals surface area contributed by atoms with Crippen molar-refractivity contribution < 1.29 is 9.53 Å². The summed E-state index contributed by atoms with van der Waals surface area (Å²) in [6.07, 6.45) is 6.20. The fourth-order valence-electron chi connectivity index (χ4n) is 3.48. The van der Waals surface area contributed by atoms with Crippen molar-refractivity contribution in [1.29, 1.82) is 0 Å². The van der Waals surface area contributed by atoms with Gasteiger partial charge in [0.2, 0.25) is 5.91 Å². The quantitative estimate of drug-likeness (QED) is 0.667. The zero-order valence-corrected chi connectivity index (χ0v) is 18.4. The molecule has 1 fully saturated rings. The molecule has 0 aliphatic heterocycles. The summed E-state index contributed by atoms with van der Waals surface area (Å²) in [7, 11) is 4.03. The van der Waals surface area contributed by atoms with Crippen molar-refractivity contribution in [2.75, 3.05) is 39.1 Å². The Hall–Kier alpha value is -1.01. The van der Waals surface area contributed by atoms with Crippen LogP contribution >= 0.6 is 24.8 Å². The summed E-state index contributed by atoms with van der Waals surface area (Å²) in [6, 6.07) is 5.90. The number of nitrogens with one attached hydrogen (secondary N) is 1. The van der Waals surface area contributed by atoms with Crippen LogP contribution in [0.1, 0.15) is 44.1 Å². The van der Waals surface area contributed by atoms with E-state index < -0.39 is 0 Å². The molecule has 0 saturated heterocycles. The van der Waals surface area contributed by atoms with Crippen molar-refractivity contribution in [2.45, 2.75) is 45.4 Å². The van der Waals surface area contributed by atoms with Crippen molar-refractivity contribution >= 4 is 36.4 Å². The molecular formula is C20H35Cl2N3O2. The molecule has 0 aromatic heterocycles. The molecule has 1 aromatic carbocycles. The van der Waals surface area contributed by atoms with Gasteiger partial charge >= 0.3 is 0 Å². The number of benzene rings is 1. The van der Waals surface area contributed by atoms with Gasteiger partial charge in [0, 0.05) is 13.0 Å². The van der Waals surface area contributed by atoms with Crippen LogP contribution < -0.4 is 15.8 Å². The molecule has 1 amide bonds. The van der Waals surface area contributed by atoms with Gasteiger partial charge in [0.25, 0.3) is 0 Å². The minimum atomic E-state index is -0.0288. The average molecular weight is 420 g/mol. The standard InChI is InChI=1S/C20H33N3O2.2ClH/c1-16-7-8-17(18(13-16)25-12-11-23(2)3)22-19(24)14-20(15-21)9-5-4-6-10-20;;/h7-8,13H,4-6,9-12,14-15,21H2,1-3H3,(H,22,24);2*1H. The SMILES string of the molecule is Cc1ccc(NC(=O)CC2(CN)CCCCC2)c(OCCN(C)C)c1.Cl.Cl. The van der Waals surface area contributed by atoms with Gasteiger partial charge in [-0.05, 0) is 63.5 Å². The first-order valence-corrected chi connectivity index (χ1v) is 9.32. The highest BCUT2D eigenvalue weighted by Crippen LogP contribution is 2.39. The summed E-state index contributed by atoms with van der Waals surface area (Å²) >= 11 is 0. The van der Waals surface area contributed by atoms with E-state index in [0.717, 1.165) is 36.4 Å². The van der Waals surface area contributed by atoms with Crippen LogP contribution in [0.5, 0.6) is 5.75 Å². The van der Waals surface area contributed by atoms with Crippen LogP contribution in [0.25, 0.3) is 0 Å². The van der Waals surface area contributed by atoms with Gasteiger partial charge in [0.05, 0.1) is 5.69 Å². The summed E-state index contributed by atoms with van der Waals surface area (Å²) in [6.45, 7) is 4.03. The molecule has 0 spiro atoms. The summed E-state index contributed by atoms with van der Waals surface area (Å²) in [5.74, 6) is 0.773. The number of carbonyl (C=O) groups is 1. The maximum absolute atomic E-state index is 12.6. The van der Waals surface area contributed by atoms with Crippen molar-refractivity contribution in [2.24, 2.45) is 11.1 Å². The normalized spacial score (nSPS) is 15.4. The van der Waals surface area contributed by atoms with E-state index in [2.05, 4.69) is 10.2 Å². The van der Waals surface area contributed by atoms with Crippen LogP contribution in [0.2, 0.25) is 0 Å². The number of likely N-dealkylation sites (N-methyl/N-ethyl adjacent to an activating group) is 1. The molecule has 0 radical (unpaired) electrons. The Bertz CT molecular complexity index is 576. The van der Waals surface area contributed by atoms with Crippen LogP contribution in [0.4, 0.5) is 5.69 Å². The third-order valence-electron chi connectivity index (χ3n) is 5.09. The zero-order valence-electron chi connectivity index (χ0n) is 16.8. The lowest BCUT2D eigenvalue weighted by molar-refractivity contribution is -0.118. The molecule has 0 unspecified atom stereocenters. The molecule has 1 saturated carbocycles. The van der Waals surface area contributed by atoms with Crippen molar-refractivity contribution in [3.8, 4) is 5.75 Å². The number of hydrogen-bond acceptors (Lipinski definition) is 4. The van der Waals surface area contributed by atoms with Gasteiger partial charge in [-0.3, -0.25) is 4.79 Å². The van der Waals surface area contributed by atoms with E-state index in [0.29, 0.717) is 19.6 Å². The molecule has 1 aliphatic carbocycles. The molecule has 0 bridgehead atoms. The lowest BCUT2D eigenvalue weighted by Crippen LogP contribution is -2.36. The Morgan fingerprint density at radius 1 is 1.22 bits per heavy atom. The Labute approximate surface area is 176 Å². The van der Waals surface area contributed by atoms with Crippen molar-refractivity contribution in [1.82, 2.24) is 4.90 Å². The number of amides is 1. The number of anilines is 1.